The third-order valence-electron chi connectivity index (χ3n) is 2.61. The summed E-state index contributed by atoms with van der Waals surface area (Å²) in [5.41, 5.74) is 5.51. The van der Waals surface area contributed by atoms with Crippen LogP contribution in [0.5, 0.6) is 0 Å². The van der Waals surface area contributed by atoms with Crippen LogP contribution in [0.4, 0.5) is 0 Å². The highest BCUT2D eigenvalue weighted by molar-refractivity contribution is 5.73. The molecule has 4 heteroatoms. The molecule has 1 aliphatic carbocycles. The molecule has 0 aromatic carbocycles. The molecule has 1 saturated carbocycles. The lowest BCUT2D eigenvalue weighted by Crippen LogP contribution is -2.43. The Kier molecular flexibility index (Phi) is 4.35. The Labute approximate surface area is 85.1 Å². The third kappa shape index (κ3) is 3.64. The van der Waals surface area contributed by atoms with Gasteiger partial charge in [-0.25, -0.2) is 0 Å². The molecule has 1 rings (SSSR count). The maximum Gasteiger partial charge on any atom is 0.321 e. The molecular formula is C10H20N2O2. The Hall–Kier alpha value is -0.610. The van der Waals surface area contributed by atoms with Crippen molar-refractivity contribution in [3.05, 3.63) is 0 Å². The Balaban J connectivity index is 2.30. The fourth-order valence-corrected chi connectivity index (χ4v) is 1.55. The number of rotatable bonds is 7. The van der Waals surface area contributed by atoms with Gasteiger partial charge in [0.15, 0.2) is 0 Å². The molecule has 1 unspecified atom stereocenters. The maximum atomic E-state index is 10.6. The SMILES string of the molecule is CCCCN(CC(N)C(=O)O)C1CC1. The average Bonchev–Trinajstić information content (AvgIpc) is 2.94. The topological polar surface area (TPSA) is 66.6 Å². The Bertz CT molecular complexity index is 193. The number of carboxylic acid groups (broad SMARTS) is 1. The zero-order valence-corrected chi connectivity index (χ0v) is 8.78. The van der Waals surface area contributed by atoms with E-state index in [9.17, 15) is 4.79 Å². The van der Waals surface area contributed by atoms with Gasteiger partial charge in [0.05, 0.1) is 0 Å². The van der Waals surface area contributed by atoms with E-state index in [2.05, 4.69) is 11.8 Å². The lowest BCUT2D eigenvalue weighted by Gasteiger charge is -2.23. The molecule has 0 aliphatic heterocycles. The molecule has 14 heavy (non-hydrogen) atoms. The first-order chi connectivity index (χ1) is 6.65. The van der Waals surface area contributed by atoms with Gasteiger partial charge in [-0.1, -0.05) is 13.3 Å². The van der Waals surface area contributed by atoms with Crippen LogP contribution in [-0.2, 0) is 4.79 Å². The first-order valence-corrected chi connectivity index (χ1v) is 5.37. The van der Waals surface area contributed by atoms with Crippen LogP contribution >= 0.6 is 0 Å². The minimum atomic E-state index is -0.896. The molecule has 0 heterocycles. The first-order valence-electron chi connectivity index (χ1n) is 5.37. The summed E-state index contributed by atoms with van der Waals surface area (Å²) in [5, 5.41) is 8.71. The number of hydrogen-bond acceptors (Lipinski definition) is 3. The molecule has 1 atom stereocenters. The van der Waals surface area contributed by atoms with Gasteiger partial charge < -0.3 is 10.8 Å². The van der Waals surface area contributed by atoms with Crippen molar-refractivity contribution in [2.24, 2.45) is 5.73 Å². The molecule has 0 saturated heterocycles. The summed E-state index contributed by atoms with van der Waals surface area (Å²) >= 11 is 0. The average molecular weight is 200 g/mol. The van der Waals surface area contributed by atoms with E-state index in [-0.39, 0.29) is 0 Å². The van der Waals surface area contributed by atoms with Gasteiger partial charge in [0, 0.05) is 12.6 Å². The lowest BCUT2D eigenvalue weighted by atomic mass is 10.2. The Morgan fingerprint density at radius 1 is 1.64 bits per heavy atom. The lowest BCUT2D eigenvalue weighted by molar-refractivity contribution is -0.139. The van der Waals surface area contributed by atoms with Crippen molar-refractivity contribution in [1.82, 2.24) is 4.90 Å². The van der Waals surface area contributed by atoms with Crippen molar-refractivity contribution in [2.45, 2.75) is 44.7 Å². The van der Waals surface area contributed by atoms with E-state index in [1.807, 2.05) is 0 Å². The van der Waals surface area contributed by atoms with Crippen molar-refractivity contribution in [1.29, 1.82) is 0 Å². The second-order valence-electron chi connectivity index (χ2n) is 4.02. The van der Waals surface area contributed by atoms with Crippen LogP contribution in [0.1, 0.15) is 32.6 Å². The molecule has 1 fully saturated rings. The van der Waals surface area contributed by atoms with Gasteiger partial charge in [0.2, 0.25) is 0 Å². The highest BCUT2D eigenvalue weighted by Crippen LogP contribution is 2.26. The summed E-state index contributed by atoms with van der Waals surface area (Å²) in [6, 6.07) is -0.126. The zero-order chi connectivity index (χ0) is 10.6. The van der Waals surface area contributed by atoms with Crippen LogP contribution in [0, 0.1) is 0 Å². The molecule has 1 aliphatic rings. The molecule has 0 radical (unpaired) electrons. The van der Waals surface area contributed by atoms with Gasteiger partial charge in [-0.05, 0) is 25.8 Å². The van der Waals surface area contributed by atoms with Crippen LogP contribution in [0.25, 0.3) is 0 Å². The predicted octanol–water partition coefficient (Wildman–Crippen LogP) is 0.663. The molecule has 0 aromatic heterocycles. The zero-order valence-electron chi connectivity index (χ0n) is 8.78. The van der Waals surface area contributed by atoms with E-state index < -0.39 is 12.0 Å². The van der Waals surface area contributed by atoms with Gasteiger partial charge >= 0.3 is 5.97 Å². The van der Waals surface area contributed by atoms with Gasteiger partial charge in [-0.3, -0.25) is 9.69 Å². The van der Waals surface area contributed by atoms with Gasteiger partial charge in [-0.2, -0.15) is 0 Å². The summed E-state index contributed by atoms with van der Waals surface area (Å²) in [4.78, 5) is 12.8. The van der Waals surface area contributed by atoms with E-state index in [0.717, 1.165) is 19.4 Å². The van der Waals surface area contributed by atoms with Gasteiger partial charge in [0.25, 0.3) is 0 Å². The standard InChI is InChI=1S/C10H20N2O2/c1-2-3-6-12(8-4-5-8)7-9(11)10(13)14/h8-9H,2-7,11H2,1H3,(H,13,14). The first kappa shape index (κ1) is 11.5. The van der Waals surface area contributed by atoms with Crippen LogP contribution in [0.15, 0.2) is 0 Å². The van der Waals surface area contributed by atoms with E-state index >= 15 is 0 Å². The van der Waals surface area contributed by atoms with Gasteiger partial charge in [0.1, 0.15) is 6.04 Å². The van der Waals surface area contributed by atoms with Crippen LogP contribution in [-0.4, -0.2) is 41.1 Å². The third-order valence-corrected chi connectivity index (χ3v) is 2.61. The fourth-order valence-electron chi connectivity index (χ4n) is 1.55. The van der Waals surface area contributed by atoms with E-state index in [0.29, 0.717) is 12.6 Å². The van der Waals surface area contributed by atoms with E-state index in [1.165, 1.54) is 12.8 Å². The van der Waals surface area contributed by atoms with E-state index in [4.69, 9.17) is 10.8 Å². The fraction of sp³-hybridized carbons (Fsp3) is 0.900. The van der Waals surface area contributed by atoms with Crippen molar-refractivity contribution < 1.29 is 9.90 Å². The molecule has 0 amide bonds. The number of aliphatic carboxylic acids is 1. The number of hydrogen-bond donors (Lipinski definition) is 2. The minimum absolute atomic E-state index is 0.500. The summed E-state index contributed by atoms with van der Waals surface area (Å²) in [6.07, 6.45) is 4.68. The van der Waals surface area contributed by atoms with E-state index in [1.54, 1.807) is 0 Å². The maximum absolute atomic E-state index is 10.6. The number of nitrogens with two attached hydrogens (primary N) is 1. The van der Waals surface area contributed by atoms with Crippen molar-refractivity contribution in [3.8, 4) is 0 Å². The van der Waals surface area contributed by atoms with Crippen molar-refractivity contribution >= 4 is 5.97 Å². The highest BCUT2D eigenvalue weighted by Gasteiger charge is 2.30. The number of unbranched alkanes of at least 4 members (excludes halogenated alkanes) is 1. The van der Waals surface area contributed by atoms with Gasteiger partial charge in [-0.15, -0.1) is 0 Å². The smallest absolute Gasteiger partial charge is 0.321 e. The van der Waals surface area contributed by atoms with Crippen molar-refractivity contribution in [2.75, 3.05) is 13.1 Å². The predicted molar refractivity (Wildman–Crippen MR) is 55.1 cm³/mol. The Morgan fingerprint density at radius 3 is 2.71 bits per heavy atom. The molecule has 0 bridgehead atoms. The summed E-state index contributed by atoms with van der Waals surface area (Å²) in [7, 11) is 0. The summed E-state index contributed by atoms with van der Waals surface area (Å²) in [5.74, 6) is -0.896. The molecule has 3 N–H and O–H groups in total. The number of nitrogens with zero attached hydrogens (tertiary/aromatic N) is 1. The molecule has 0 aromatic rings. The van der Waals surface area contributed by atoms with Crippen LogP contribution in [0.3, 0.4) is 0 Å². The van der Waals surface area contributed by atoms with Crippen LogP contribution < -0.4 is 5.73 Å². The molecular weight excluding hydrogens is 180 g/mol. The molecule has 0 spiro atoms. The monoisotopic (exact) mass is 200 g/mol. The number of carboxylic acids is 1. The normalized spacial score (nSPS) is 18.5. The second-order valence-corrected chi connectivity index (χ2v) is 4.02. The quantitative estimate of drug-likeness (QED) is 0.633. The Morgan fingerprint density at radius 2 is 2.29 bits per heavy atom. The molecule has 4 nitrogen and oxygen atoms in total. The van der Waals surface area contributed by atoms with Crippen molar-refractivity contribution in [3.63, 3.8) is 0 Å². The largest absolute Gasteiger partial charge is 0.480 e. The highest BCUT2D eigenvalue weighted by atomic mass is 16.4. The minimum Gasteiger partial charge on any atom is -0.480 e. The molecule has 82 valence electrons. The second kappa shape index (κ2) is 5.32. The number of carbonyl (C=O) groups is 1. The van der Waals surface area contributed by atoms with Crippen LogP contribution in [0.2, 0.25) is 0 Å². The summed E-state index contributed by atoms with van der Waals surface area (Å²) in [6.45, 7) is 3.63. The summed E-state index contributed by atoms with van der Waals surface area (Å²) < 4.78 is 0.